The van der Waals surface area contributed by atoms with Crippen LogP contribution in [0.25, 0.3) is 0 Å². The van der Waals surface area contributed by atoms with Crippen LogP contribution in [-0.4, -0.2) is 34.0 Å². The zero-order valence-corrected chi connectivity index (χ0v) is 17.4. The van der Waals surface area contributed by atoms with Crippen LogP contribution in [0.15, 0.2) is 48.5 Å². The number of rotatable bonds is 4. The van der Waals surface area contributed by atoms with Gasteiger partial charge in [0.05, 0.1) is 0 Å². The fourth-order valence-corrected chi connectivity index (χ4v) is 4.82. The number of carbonyl (C=O) groups excluding carboxylic acids is 1. The molecule has 1 saturated carbocycles. The summed E-state index contributed by atoms with van der Waals surface area (Å²) in [4.78, 5) is 17.5. The predicted molar refractivity (Wildman–Crippen MR) is 116 cm³/mol. The molecular weight excluding hydrogens is 346 g/mol. The van der Waals surface area contributed by atoms with Gasteiger partial charge in [0.1, 0.15) is 5.78 Å². The summed E-state index contributed by atoms with van der Waals surface area (Å²) in [5, 5.41) is 3.87. The molecule has 0 aromatic heterocycles. The zero-order chi connectivity index (χ0) is 19.8. The monoisotopic (exact) mass is 377 g/mol. The SMILES string of the molecule is CN(C)c1ccc(C2NC(c3ccc(N(C)C)cc3)C3CCCC2C3=O)cc1. The van der Waals surface area contributed by atoms with Crippen molar-refractivity contribution in [3.05, 3.63) is 59.7 Å². The van der Waals surface area contributed by atoms with Gasteiger partial charge in [-0.1, -0.05) is 30.7 Å². The molecule has 0 spiro atoms. The van der Waals surface area contributed by atoms with Gasteiger partial charge in [-0.15, -0.1) is 0 Å². The molecule has 0 amide bonds. The Bertz CT molecular complexity index is 758. The Morgan fingerprint density at radius 2 is 1.11 bits per heavy atom. The predicted octanol–water partition coefficient (Wildman–Crippen LogP) is 4.19. The molecule has 1 aliphatic heterocycles. The maximum Gasteiger partial charge on any atom is 0.142 e. The highest BCUT2D eigenvalue weighted by Crippen LogP contribution is 2.46. The summed E-state index contributed by atoms with van der Waals surface area (Å²) >= 11 is 0. The van der Waals surface area contributed by atoms with Crippen LogP contribution >= 0.6 is 0 Å². The van der Waals surface area contributed by atoms with Gasteiger partial charge in [-0.05, 0) is 48.2 Å². The highest BCUT2D eigenvalue weighted by molar-refractivity contribution is 5.87. The number of benzene rings is 2. The second-order valence-corrected chi connectivity index (χ2v) is 8.64. The van der Waals surface area contributed by atoms with Crippen molar-refractivity contribution in [2.24, 2.45) is 11.8 Å². The lowest BCUT2D eigenvalue weighted by Crippen LogP contribution is -2.50. The van der Waals surface area contributed by atoms with Gasteiger partial charge in [-0.25, -0.2) is 0 Å². The molecule has 2 aromatic rings. The van der Waals surface area contributed by atoms with E-state index in [9.17, 15) is 4.79 Å². The number of nitrogens with one attached hydrogen (secondary N) is 1. The van der Waals surface area contributed by atoms with Crippen molar-refractivity contribution < 1.29 is 4.79 Å². The molecule has 28 heavy (non-hydrogen) atoms. The van der Waals surface area contributed by atoms with Crippen molar-refractivity contribution in [3.63, 3.8) is 0 Å². The van der Waals surface area contributed by atoms with Crippen LogP contribution in [0.5, 0.6) is 0 Å². The largest absolute Gasteiger partial charge is 0.378 e. The third-order valence-electron chi connectivity index (χ3n) is 6.46. The number of hydrogen-bond acceptors (Lipinski definition) is 4. The van der Waals surface area contributed by atoms with E-state index in [1.165, 1.54) is 22.5 Å². The van der Waals surface area contributed by atoms with E-state index in [1.807, 2.05) is 0 Å². The summed E-state index contributed by atoms with van der Waals surface area (Å²) in [7, 11) is 8.21. The van der Waals surface area contributed by atoms with Crippen LogP contribution in [0.3, 0.4) is 0 Å². The number of piperidine rings is 1. The van der Waals surface area contributed by atoms with E-state index in [0.29, 0.717) is 5.78 Å². The Morgan fingerprint density at radius 3 is 1.46 bits per heavy atom. The molecule has 4 unspecified atom stereocenters. The Balaban J connectivity index is 1.65. The number of carbonyl (C=O) groups is 1. The maximum absolute atomic E-state index is 13.3. The molecule has 1 N–H and O–H groups in total. The number of ketones is 1. The van der Waals surface area contributed by atoms with Gasteiger partial charge in [-0.3, -0.25) is 4.79 Å². The zero-order valence-electron chi connectivity index (χ0n) is 17.4. The molecule has 0 radical (unpaired) electrons. The van der Waals surface area contributed by atoms with Crippen molar-refractivity contribution >= 4 is 17.2 Å². The summed E-state index contributed by atoms with van der Waals surface area (Å²) in [5.74, 6) is 0.649. The Labute approximate surface area is 168 Å². The minimum absolute atomic E-state index is 0.0961. The second-order valence-electron chi connectivity index (χ2n) is 8.64. The average molecular weight is 378 g/mol. The fraction of sp³-hybridized carbons (Fsp3) is 0.458. The first kappa shape index (κ1) is 19.0. The number of hydrogen-bond donors (Lipinski definition) is 1. The molecule has 2 bridgehead atoms. The summed E-state index contributed by atoms with van der Waals surface area (Å²) in [5.41, 5.74) is 4.81. The average Bonchev–Trinajstić information content (AvgIpc) is 2.68. The smallest absolute Gasteiger partial charge is 0.142 e. The van der Waals surface area contributed by atoms with E-state index in [-0.39, 0.29) is 23.9 Å². The molecule has 2 fully saturated rings. The lowest BCUT2D eigenvalue weighted by Gasteiger charge is -2.45. The number of anilines is 2. The van der Waals surface area contributed by atoms with Crippen LogP contribution in [0.4, 0.5) is 11.4 Å². The van der Waals surface area contributed by atoms with Crippen LogP contribution in [0, 0.1) is 11.8 Å². The highest BCUT2D eigenvalue weighted by atomic mass is 16.1. The van der Waals surface area contributed by atoms with E-state index in [1.54, 1.807) is 0 Å². The Kier molecular flexibility index (Phi) is 5.15. The quantitative estimate of drug-likeness (QED) is 0.867. The molecule has 148 valence electrons. The van der Waals surface area contributed by atoms with Crippen molar-refractivity contribution in [2.75, 3.05) is 38.0 Å². The highest BCUT2D eigenvalue weighted by Gasteiger charge is 2.46. The molecule has 4 rings (SSSR count). The summed E-state index contributed by atoms with van der Waals surface area (Å²) in [6.07, 6.45) is 3.13. The number of nitrogens with zero attached hydrogens (tertiary/aromatic N) is 2. The van der Waals surface area contributed by atoms with Crippen LogP contribution in [-0.2, 0) is 4.79 Å². The topological polar surface area (TPSA) is 35.6 Å². The minimum atomic E-state index is 0.0961. The van der Waals surface area contributed by atoms with Gasteiger partial charge in [-0.2, -0.15) is 0 Å². The minimum Gasteiger partial charge on any atom is -0.378 e. The van der Waals surface area contributed by atoms with Crippen LogP contribution in [0.2, 0.25) is 0 Å². The number of fused-ring (bicyclic) bond motifs is 2. The molecule has 1 aliphatic carbocycles. The normalized spacial score (nSPS) is 26.8. The lowest BCUT2D eigenvalue weighted by atomic mass is 9.67. The van der Waals surface area contributed by atoms with Gasteiger partial charge in [0.15, 0.2) is 0 Å². The van der Waals surface area contributed by atoms with Crippen molar-refractivity contribution in [1.82, 2.24) is 5.32 Å². The molecular formula is C24H31N3O. The van der Waals surface area contributed by atoms with E-state index >= 15 is 0 Å². The van der Waals surface area contributed by atoms with Crippen LogP contribution in [0.1, 0.15) is 42.5 Å². The lowest BCUT2D eigenvalue weighted by molar-refractivity contribution is -0.135. The summed E-state index contributed by atoms with van der Waals surface area (Å²) in [6.45, 7) is 0. The Hall–Kier alpha value is -2.33. The molecule has 1 heterocycles. The van der Waals surface area contributed by atoms with Gasteiger partial charge in [0.2, 0.25) is 0 Å². The third kappa shape index (κ3) is 3.42. The van der Waals surface area contributed by atoms with Gasteiger partial charge >= 0.3 is 0 Å². The molecule has 4 nitrogen and oxygen atoms in total. The standard InChI is InChI=1S/C24H31N3O/c1-26(2)18-12-8-16(9-13-18)22-20-6-5-7-21(24(20)28)23(25-22)17-10-14-19(15-11-17)27(3)4/h8-15,20-23,25H,5-7H2,1-4H3. The Morgan fingerprint density at radius 1 is 0.714 bits per heavy atom. The molecule has 2 aromatic carbocycles. The third-order valence-corrected chi connectivity index (χ3v) is 6.46. The van der Waals surface area contributed by atoms with E-state index < -0.39 is 0 Å². The van der Waals surface area contributed by atoms with Crippen molar-refractivity contribution in [2.45, 2.75) is 31.3 Å². The second kappa shape index (κ2) is 7.59. The van der Waals surface area contributed by atoms with E-state index in [4.69, 9.17) is 0 Å². The number of Topliss-reactive ketones (excluding diaryl/α,β-unsaturated/α-hetero) is 1. The van der Waals surface area contributed by atoms with Crippen LogP contribution < -0.4 is 15.1 Å². The first-order chi connectivity index (χ1) is 13.5. The van der Waals surface area contributed by atoms with Gasteiger partial charge in [0.25, 0.3) is 0 Å². The van der Waals surface area contributed by atoms with Gasteiger partial charge < -0.3 is 15.1 Å². The van der Waals surface area contributed by atoms with E-state index in [0.717, 1.165) is 19.3 Å². The first-order valence-corrected chi connectivity index (χ1v) is 10.3. The maximum atomic E-state index is 13.3. The molecule has 4 heteroatoms. The van der Waals surface area contributed by atoms with Crippen molar-refractivity contribution in [1.29, 1.82) is 0 Å². The van der Waals surface area contributed by atoms with Gasteiger partial charge in [0, 0.05) is 63.5 Å². The molecule has 1 saturated heterocycles. The fourth-order valence-electron chi connectivity index (χ4n) is 4.82. The van der Waals surface area contributed by atoms with Crippen molar-refractivity contribution in [3.8, 4) is 0 Å². The molecule has 2 aliphatic rings. The van der Waals surface area contributed by atoms with E-state index in [2.05, 4.69) is 91.8 Å². The summed E-state index contributed by atoms with van der Waals surface area (Å²) in [6, 6.07) is 17.5. The first-order valence-electron chi connectivity index (χ1n) is 10.3. The molecule has 4 atom stereocenters. The summed E-state index contributed by atoms with van der Waals surface area (Å²) < 4.78 is 0.